The molecule has 0 aromatic heterocycles. The Kier molecular flexibility index (Phi) is 23.6. The monoisotopic (exact) mass is 1340 g/mol. The van der Waals surface area contributed by atoms with Crippen LogP contribution in [0.25, 0.3) is 0 Å². The lowest BCUT2D eigenvalue weighted by molar-refractivity contribution is -0.202. The van der Waals surface area contributed by atoms with Crippen molar-refractivity contribution in [3.8, 4) is 0 Å². The maximum atomic E-state index is 11.7. The van der Waals surface area contributed by atoms with Crippen LogP contribution in [0.15, 0.2) is 0 Å². The molecular formula is C91H154O6. The second-order valence-corrected chi connectivity index (χ2v) is 41.8. The number of ether oxygens (including phenoxy) is 3. The summed E-state index contributed by atoms with van der Waals surface area (Å²) in [4.78, 5) is 34.0. The Morgan fingerprint density at radius 2 is 0.773 bits per heavy atom. The molecule has 554 valence electrons. The van der Waals surface area contributed by atoms with Crippen LogP contribution in [0, 0.1) is 151 Å². The van der Waals surface area contributed by atoms with Gasteiger partial charge >= 0.3 is 17.9 Å². The van der Waals surface area contributed by atoms with Gasteiger partial charge in [-0.05, 0) is 338 Å². The van der Waals surface area contributed by atoms with Crippen LogP contribution in [-0.4, -0.2) is 35.7 Å². The normalized spacial score (nSPS) is 49.8. The average molecular weight is 1340 g/mol. The van der Waals surface area contributed by atoms with Gasteiger partial charge in [-0.15, -0.1) is 0 Å². The molecule has 6 nitrogen and oxygen atoms in total. The van der Waals surface area contributed by atoms with E-state index in [9.17, 15) is 14.4 Å². The third-order valence-corrected chi connectivity index (χ3v) is 34.1. The van der Waals surface area contributed by atoms with Crippen molar-refractivity contribution in [2.45, 2.75) is 397 Å². The molecular weight excluding hydrogens is 1190 g/mol. The quantitative estimate of drug-likeness (QED) is 0.151. The molecule has 0 aromatic carbocycles. The van der Waals surface area contributed by atoms with Crippen molar-refractivity contribution >= 4 is 17.9 Å². The molecule has 0 aliphatic heterocycles. The van der Waals surface area contributed by atoms with E-state index in [1.165, 1.54) is 199 Å². The van der Waals surface area contributed by atoms with Crippen LogP contribution in [0.2, 0.25) is 0 Å². The first-order valence-corrected chi connectivity index (χ1v) is 43.8. The Morgan fingerprint density at radius 3 is 1.18 bits per heavy atom. The van der Waals surface area contributed by atoms with E-state index in [-0.39, 0.29) is 29.1 Å². The predicted molar refractivity (Wildman–Crippen MR) is 400 cm³/mol. The third kappa shape index (κ3) is 16.9. The fourth-order valence-electron chi connectivity index (χ4n) is 31.4. The minimum absolute atomic E-state index is 0.0122. The summed E-state index contributed by atoms with van der Waals surface area (Å²) in [5.74, 6) is 20.4. The number of carbonyl (C=O) groups is 3. The standard InChI is InChI=1S/2C15H24O2.C14H22O2.C14H24.C13H22.C12H22.C8H16/c1-3-14-5-12-4-13(6-14)8-15(7-12,9-14)10-17-11(2)16;1-3-13(16)17-15-8-11-5-12(9-15)7-14(4-2,6-11)10-15;1-3-13-5-11-4-12(6-13)8-14(7-11,9-13)16-10(2)15;1-3-9-5-12-11-7-10(4-2)13(8-11)14(12)6-9;1-3-13-7-10-4-11(8-13)6-12(2,5-10)9-13;1-9-5-3-8-12-10(2)6-4-7-11(9)12;1-7-3-5-8(2)6-4-7/h12-13H,3-10H2,1-2H3;11-12H,3-10H2,1-2H3;11-12H,3-9H2,1-2H3;9-14H,3-8H2,1-2H3;10-11H,3-9H2,1-2H3;9-12H,3-8H2,1-2H3;7-8H,3-6H2,1-2H3. The molecule has 22 rings (SSSR count). The zero-order valence-electron chi connectivity index (χ0n) is 66.0. The molecule has 22 fully saturated rings. The van der Waals surface area contributed by atoms with Crippen LogP contribution in [0.1, 0.15) is 386 Å². The van der Waals surface area contributed by atoms with Crippen molar-refractivity contribution in [2.75, 3.05) is 6.61 Å². The van der Waals surface area contributed by atoms with Crippen LogP contribution in [0.5, 0.6) is 0 Å². The largest absolute Gasteiger partial charge is 0.465 e. The van der Waals surface area contributed by atoms with E-state index in [1.54, 1.807) is 71.1 Å². The van der Waals surface area contributed by atoms with Crippen molar-refractivity contribution < 1.29 is 28.6 Å². The maximum Gasteiger partial charge on any atom is 0.306 e. The highest BCUT2D eigenvalue weighted by molar-refractivity contribution is 5.69. The van der Waals surface area contributed by atoms with Gasteiger partial charge in [-0.25, -0.2) is 0 Å². The molecule has 0 spiro atoms. The fourth-order valence-corrected chi connectivity index (χ4v) is 31.4. The highest BCUT2D eigenvalue weighted by atomic mass is 16.6. The van der Waals surface area contributed by atoms with Crippen LogP contribution in [0.4, 0.5) is 0 Å². The molecule has 22 saturated carbocycles. The van der Waals surface area contributed by atoms with Crippen LogP contribution in [-0.2, 0) is 28.6 Å². The van der Waals surface area contributed by atoms with E-state index < -0.39 is 0 Å². The minimum Gasteiger partial charge on any atom is -0.465 e. The van der Waals surface area contributed by atoms with Crippen LogP contribution >= 0.6 is 0 Å². The van der Waals surface area contributed by atoms with Crippen molar-refractivity contribution in [2.24, 2.45) is 151 Å². The van der Waals surface area contributed by atoms with E-state index in [1.807, 2.05) is 6.92 Å². The number of rotatable bonds is 11. The van der Waals surface area contributed by atoms with Gasteiger partial charge in [0.1, 0.15) is 11.2 Å². The number of esters is 3. The first-order valence-electron chi connectivity index (χ1n) is 43.8. The molecule has 0 amide bonds. The number of carbonyl (C=O) groups excluding carboxylic acids is 3. The Hall–Kier alpha value is -1.59. The predicted octanol–water partition coefficient (Wildman–Crippen LogP) is 25.3. The Morgan fingerprint density at radius 1 is 0.371 bits per heavy atom. The fraction of sp³-hybridized carbons (Fsp3) is 0.967. The second-order valence-electron chi connectivity index (χ2n) is 41.8. The molecule has 22 aliphatic rings. The smallest absolute Gasteiger partial charge is 0.306 e. The van der Waals surface area contributed by atoms with E-state index in [2.05, 4.69) is 76.2 Å². The number of hydrogen-bond donors (Lipinski definition) is 0. The SMILES string of the molecule is CC1CCC(C)CC1.CC1CCCC2C(C)CCCC12.CCC(=O)OC12CC3CC(CC(CC)(C3)C1)C2.CCC12CC3CC(C1)CC(COC(C)=O)(C3)C2.CCC12CC3CC(C1)CC(OC(C)=O)(C3)C2.CCC12CC3CC(CC(C)(C3)C1)C2.CCC1CC2C3CC(CC)C(C3)C2C1. The minimum atomic E-state index is -0.105. The zero-order chi connectivity index (χ0) is 68.9. The molecule has 22 aliphatic carbocycles. The van der Waals surface area contributed by atoms with Gasteiger partial charge in [0.25, 0.3) is 0 Å². The molecule has 0 N–H and O–H groups in total. The van der Waals surface area contributed by atoms with E-state index >= 15 is 0 Å². The molecule has 0 saturated heterocycles. The Bertz CT molecular complexity index is 2520. The summed E-state index contributed by atoms with van der Waals surface area (Å²) in [5.41, 5.74) is 3.42. The van der Waals surface area contributed by atoms with Gasteiger partial charge in [-0.2, -0.15) is 0 Å². The van der Waals surface area contributed by atoms with Gasteiger partial charge < -0.3 is 14.2 Å². The topological polar surface area (TPSA) is 78.9 Å². The van der Waals surface area contributed by atoms with Crippen molar-refractivity contribution in [1.29, 1.82) is 0 Å². The highest BCUT2D eigenvalue weighted by Gasteiger charge is 2.62. The lowest BCUT2D eigenvalue weighted by Gasteiger charge is -2.62. The number of fused-ring (bicyclic) bond motifs is 6. The molecule has 0 aromatic rings. The van der Waals surface area contributed by atoms with Gasteiger partial charge in [-0.3, -0.25) is 14.4 Å². The van der Waals surface area contributed by atoms with Gasteiger partial charge in [0.2, 0.25) is 0 Å². The summed E-state index contributed by atoms with van der Waals surface area (Å²) in [6, 6.07) is 0. The third-order valence-electron chi connectivity index (χ3n) is 34.1. The lowest BCUT2D eigenvalue weighted by Crippen LogP contribution is -2.57. The van der Waals surface area contributed by atoms with E-state index in [4.69, 9.17) is 14.2 Å². The van der Waals surface area contributed by atoms with E-state index in [0.29, 0.717) is 34.7 Å². The lowest BCUT2D eigenvalue weighted by atomic mass is 9.44. The summed E-state index contributed by atoms with van der Waals surface area (Å²) < 4.78 is 17.0. The molecule has 97 heavy (non-hydrogen) atoms. The second kappa shape index (κ2) is 30.5. The van der Waals surface area contributed by atoms with Crippen LogP contribution in [0.3, 0.4) is 0 Å². The average Bonchev–Trinajstić information content (AvgIpc) is 1.69. The summed E-state index contributed by atoms with van der Waals surface area (Å²) in [5, 5.41) is 0. The van der Waals surface area contributed by atoms with Gasteiger partial charge in [-0.1, -0.05) is 173 Å². The van der Waals surface area contributed by atoms with Gasteiger partial charge in [0.05, 0.1) is 6.61 Å². The molecule has 0 heterocycles. The summed E-state index contributed by atoms with van der Waals surface area (Å²) >= 11 is 0. The Labute approximate surface area is 597 Å². The summed E-state index contributed by atoms with van der Waals surface area (Å²) in [6.07, 6.45) is 63.1. The summed E-state index contributed by atoms with van der Waals surface area (Å²) in [6.45, 7) is 32.2. The zero-order valence-corrected chi connectivity index (χ0v) is 66.0. The molecule has 18 bridgehead atoms. The maximum absolute atomic E-state index is 11.7. The van der Waals surface area contributed by atoms with Crippen molar-refractivity contribution in [3.63, 3.8) is 0 Å². The first kappa shape index (κ1) is 75.1. The van der Waals surface area contributed by atoms with Crippen LogP contribution < -0.4 is 0 Å². The number of hydrogen-bond acceptors (Lipinski definition) is 6. The van der Waals surface area contributed by atoms with Gasteiger partial charge in [0.15, 0.2) is 0 Å². The van der Waals surface area contributed by atoms with E-state index in [0.717, 1.165) is 156 Å². The first-order chi connectivity index (χ1) is 46.2. The molecule has 6 heteroatoms. The van der Waals surface area contributed by atoms with Gasteiger partial charge in [0, 0.05) is 25.7 Å². The van der Waals surface area contributed by atoms with Crippen molar-refractivity contribution in [3.05, 3.63) is 0 Å². The Balaban J connectivity index is 0.000000109. The molecule has 18 atom stereocenters. The highest BCUT2D eigenvalue weighted by Crippen LogP contribution is 2.70. The van der Waals surface area contributed by atoms with Crippen molar-refractivity contribution in [1.82, 2.24) is 0 Å². The molecule has 0 radical (unpaired) electrons. The summed E-state index contributed by atoms with van der Waals surface area (Å²) in [7, 11) is 0. The molecule has 18 unspecified atom stereocenters.